The van der Waals surface area contributed by atoms with Crippen LogP contribution in [0.2, 0.25) is 0 Å². The van der Waals surface area contributed by atoms with Crippen molar-refractivity contribution in [3.05, 3.63) is 16.6 Å². The summed E-state index contributed by atoms with van der Waals surface area (Å²) < 4.78 is 12.6. The monoisotopic (exact) mass is 228 g/mol. The number of hydrogen-bond donors (Lipinski definition) is 0. The number of nitrogens with zero attached hydrogens (tertiary/aromatic N) is 2. The van der Waals surface area contributed by atoms with Crippen LogP contribution in [0.1, 0.15) is 17.7 Å². The minimum absolute atomic E-state index is 0.0272. The lowest BCUT2D eigenvalue weighted by molar-refractivity contribution is -0.131. The third-order valence-electron chi connectivity index (χ3n) is 2.68. The molecule has 1 saturated heterocycles. The fourth-order valence-corrected chi connectivity index (χ4v) is 2.49. The predicted octanol–water partition coefficient (Wildman–Crippen LogP) is 1.65. The molecule has 0 radical (unpaired) electrons. The molecule has 3 nitrogen and oxygen atoms in total. The van der Waals surface area contributed by atoms with Crippen LogP contribution in [0.3, 0.4) is 0 Å². The van der Waals surface area contributed by atoms with E-state index in [1.807, 2.05) is 0 Å². The summed E-state index contributed by atoms with van der Waals surface area (Å²) in [5.41, 5.74) is 1.71. The van der Waals surface area contributed by atoms with E-state index in [2.05, 4.69) is 4.98 Å². The number of hydrogen-bond acceptors (Lipinski definition) is 3. The number of amides is 1. The van der Waals surface area contributed by atoms with E-state index in [0.29, 0.717) is 13.0 Å². The van der Waals surface area contributed by atoms with Gasteiger partial charge in [0.05, 0.1) is 18.0 Å². The number of aromatic nitrogens is 1. The van der Waals surface area contributed by atoms with E-state index in [1.54, 1.807) is 16.6 Å². The van der Waals surface area contributed by atoms with Crippen molar-refractivity contribution in [1.29, 1.82) is 0 Å². The van der Waals surface area contributed by atoms with E-state index in [1.165, 1.54) is 11.3 Å². The Morgan fingerprint density at radius 1 is 1.73 bits per heavy atom. The average Bonchev–Trinajstić information content (AvgIpc) is 2.86. The first-order valence-corrected chi connectivity index (χ1v) is 5.92. The number of thiazole rings is 1. The minimum atomic E-state index is -0.422. The molecule has 0 N–H and O–H groups in total. The summed E-state index contributed by atoms with van der Waals surface area (Å²) in [6, 6.07) is -0.189. The number of carbonyl (C=O) groups excluding carboxylic acids is 1. The fourth-order valence-electron chi connectivity index (χ4n) is 1.90. The van der Waals surface area contributed by atoms with Gasteiger partial charge in [-0.05, 0) is 12.8 Å². The van der Waals surface area contributed by atoms with Gasteiger partial charge in [-0.3, -0.25) is 9.78 Å². The standard InChI is InChI=1S/C10H13FN2OS/c11-5-8-2-1-3-13(8)10(14)4-9-6-12-7-15-9/h6-8H,1-5H2/t8-/m1/s1. The zero-order chi connectivity index (χ0) is 10.7. The fraction of sp³-hybridized carbons (Fsp3) is 0.600. The number of carbonyl (C=O) groups is 1. The molecule has 2 rings (SSSR count). The lowest BCUT2D eigenvalue weighted by atomic mass is 10.2. The smallest absolute Gasteiger partial charge is 0.228 e. The van der Waals surface area contributed by atoms with Gasteiger partial charge in [0.2, 0.25) is 5.91 Å². The van der Waals surface area contributed by atoms with Crippen LogP contribution in [0.25, 0.3) is 0 Å². The zero-order valence-electron chi connectivity index (χ0n) is 8.36. The maximum atomic E-state index is 12.6. The van der Waals surface area contributed by atoms with Gasteiger partial charge in [-0.25, -0.2) is 4.39 Å². The quantitative estimate of drug-likeness (QED) is 0.788. The predicted molar refractivity (Wildman–Crippen MR) is 56.5 cm³/mol. The topological polar surface area (TPSA) is 33.2 Å². The van der Waals surface area contributed by atoms with Crippen molar-refractivity contribution in [3.8, 4) is 0 Å². The van der Waals surface area contributed by atoms with Gasteiger partial charge < -0.3 is 4.90 Å². The molecule has 1 amide bonds. The number of likely N-dealkylation sites (tertiary alicyclic amines) is 1. The van der Waals surface area contributed by atoms with Gasteiger partial charge in [-0.1, -0.05) is 0 Å². The van der Waals surface area contributed by atoms with Crippen LogP contribution < -0.4 is 0 Å². The maximum absolute atomic E-state index is 12.6. The molecule has 1 aliphatic rings. The molecule has 0 unspecified atom stereocenters. The molecular formula is C10H13FN2OS. The van der Waals surface area contributed by atoms with Crippen molar-refractivity contribution in [2.45, 2.75) is 25.3 Å². The summed E-state index contributed by atoms with van der Waals surface area (Å²) in [5.74, 6) is 0.0272. The average molecular weight is 228 g/mol. The molecule has 2 heterocycles. The summed E-state index contributed by atoms with van der Waals surface area (Å²) in [5, 5.41) is 0. The van der Waals surface area contributed by atoms with Gasteiger partial charge in [0, 0.05) is 17.6 Å². The van der Waals surface area contributed by atoms with E-state index >= 15 is 0 Å². The molecule has 82 valence electrons. The molecule has 1 atom stereocenters. The second-order valence-electron chi connectivity index (χ2n) is 3.68. The highest BCUT2D eigenvalue weighted by Gasteiger charge is 2.28. The molecule has 1 aliphatic heterocycles. The lowest BCUT2D eigenvalue weighted by Gasteiger charge is -2.21. The lowest BCUT2D eigenvalue weighted by Crippen LogP contribution is -2.37. The van der Waals surface area contributed by atoms with Crippen molar-refractivity contribution in [1.82, 2.24) is 9.88 Å². The number of halogens is 1. The highest BCUT2D eigenvalue weighted by molar-refractivity contribution is 7.09. The van der Waals surface area contributed by atoms with Crippen LogP contribution in [0.5, 0.6) is 0 Å². The molecule has 1 aromatic rings. The Morgan fingerprint density at radius 2 is 2.60 bits per heavy atom. The van der Waals surface area contributed by atoms with Gasteiger partial charge in [0.15, 0.2) is 0 Å². The van der Waals surface area contributed by atoms with Crippen LogP contribution >= 0.6 is 11.3 Å². The van der Waals surface area contributed by atoms with E-state index in [9.17, 15) is 9.18 Å². The molecule has 0 aromatic carbocycles. The maximum Gasteiger partial charge on any atom is 0.228 e. The first kappa shape index (κ1) is 10.5. The van der Waals surface area contributed by atoms with Crippen molar-refractivity contribution >= 4 is 17.2 Å². The van der Waals surface area contributed by atoms with Crippen LogP contribution in [0.15, 0.2) is 11.7 Å². The van der Waals surface area contributed by atoms with Gasteiger partial charge in [-0.15, -0.1) is 11.3 Å². The van der Waals surface area contributed by atoms with Crippen LogP contribution in [0, 0.1) is 0 Å². The summed E-state index contributed by atoms with van der Waals surface area (Å²) in [6.07, 6.45) is 3.78. The second-order valence-corrected chi connectivity index (χ2v) is 4.65. The van der Waals surface area contributed by atoms with Crippen LogP contribution in [-0.4, -0.2) is 35.1 Å². The normalized spacial score (nSPS) is 20.9. The van der Waals surface area contributed by atoms with Crippen molar-refractivity contribution in [3.63, 3.8) is 0 Å². The SMILES string of the molecule is O=C(Cc1cncs1)N1CCC[C@@H]1CF. The largest absolute Gasteiger partial charge is 0.337 e. The molecule has 1 aromatic heterocycles. The summed E-state index contributed by atoms with van der Waals surface area (Å²) in [4.78, 5) is 18.3. The Bertz CT molecular complexity index is 328. The molecule has 15 heavy (non-hydrogen) atoms. The third-order valence-corrected chi connectivity index (χ3v) is 3.46. The van der Waals surface area contributed by atoms with E-state index in [0.717, 1.165) is 17.7 Å². The Hall–Kier alpha value is -0.970. The molecule has 5 heteroatoms. The Kier molecular flexibility index (Phi) is 3.30. The van der Waals surface area contributed by atoms with Gasteiger partial charge >= 0.3 is 0 Å². The first-order chi connectivity index (χ1) is 7.31. The summed E-state index contributed by atoms with van der Waals surface area (Å²) >= 11 is 1.47. The van der Waals surface area contributed by atoms with Crippen molar-refractivity contribution in [2.24, 2.45) is 0 Å². The molecule has 1 fully saturated rings. The Labute approximate surface area is 91.9 Å². The number of rotatable bonds is 3. The third kappa shape index (κ3) is 2.34. The van der Waals surface area contributed by atoms with Gasteiger partial charge in [-0.2, -0.15) is 0 Å². The van der Waals surface area contributed by atoms with E-state index in [-0.39, 0.29) is 11.9 Å². The summed E-state index contributed by atoms with van der Waals surface area (Å²) in [6.45, 7) is 0.278. The molecule has 0 saturated carbocycles. The minimum Gasteiger partial charge on any atom is -0.337 e. The molecule has 0 spiro atoms. The number of alkyl halides is 1. The first-order valence-electron chi connectivity index (χ1n) is 5.04. The van der Waals surface area contributed by atoms with Crippen LogP contribution in [-0.2, 0) is 11.2 Å². The van der Waals surface area contributed by atoms with Gasteiger partial charge in [0.1, 0.15) is 6.67 Å². The van der Waals surface area contributed by atoms with Crippen LogP contribution in [0.4, 0.5) is 4.39 Å². The van der Waals surface area contributed by atoms with Crippen molar-refractivity contribution < 1.29 is 9.18 Å². The Morgan fingerprint density at radius 3 is 3.27 bits per heavy atom. The zero-order valence-corrected chi connectivity index (χ0v) is 9.17. The Balaban J connectivity index is 1.96. The molecular weight excluding hydrogens is 215 g/mol. The molecule has 0 bridgehead atoms. The summed E-state index contributed by atoms with van der Waals surface area (Å²) in [7, 11) is 0. The van der Waals surface area contributed by atoms with E-state index in [4.69, 9.17) is 0 Å². The molecule has 0 aliphatic carbocycles. The van der Waals surface area contributed by atoms with Gasteiger partial charge in [0.25, 0.3) is 0 Å². The second kappa shape index (κ2) is 4.70. The highest BCUT2D eigenvalue weighted by atomic mass is 32.1. The van der Waals surface area contributed by atoms with Crippen molar-refractivity contribution in [2.75, 3.05) is 13.2 Å². The van der Waals surface area contributed by atoms with E-state index < -0.39 is 6.67 Å². The highest BCUT2D eigenvalue weighted by Crippen LogP contribution is 2.19.